The second kappa shape index (κ2) is 3.28. The van der Waals surface area contributed by atoms with Gasteiger partial charge in [0.2, 0.25) is 11.8 Å². The molecule has 0 unspecified atom stereocenters. The summed E-state index contributed by atoms with van der Waals surface area (Å²) in [4.78, 5) is 12.8. The number of nitrogens with zero attached hydrogens (tertiary/aromatic N) is 4. The van der Waals surface area contributed by atoms with Crippen LogP contribution in [-0.4, -0.2) is 38.9 Å². The van der Waals surface area contributed by atoms with Gasteiger partial charge in [-0.05, 0) is 12.8 Å². The third-order valence-corrected chi connectivity index (χ3v) is 2.43. The third-order valence-electron chi connectivity index (χ3n) is 2.43. The van der Waals surface area contributed by atoms with Crippen molar-refractivity contribution in [3.8, 4) is 0 Å². The van der Waals surface area contributed by atoms with E-state index in [9.17, 15) is 4.79 Å². The van der Waals surface area contributed by atoms with E-state index in [4.69, 9.17) is 5.11 Å². The zero-order valence-corrected chi connectivity index (χ0v) is 7.97. The van der Waals surface area contributed by atoms with Gasteiger partial charge in [-0.3, -0.25) is 4.57 Å². The molecule has 6 nitrogen and oxygen atoms in total. The van der Waals surface area contributed by atoms with Gasteiger partial charge in [-0.25, -0.2) is 4.79 Å². The first-order valence-electron chi connectivity index (χ1n) is 4.58. The molecule has 0 atom stereocenters. The van der Waals surface area contributed by atoms with E-state index in [1.165, 1.54) is 4.57 Å². The maximum absolute atomic E-state index is 10.7. The molecule has 1 aromatic rings. The number of carboxylic acid groups (broad SMARTS) is 1. The number of hydrogen-bond donors (Lipinski definition) is 1. The summed E-state index contributed by atoms with van der Waals surface area (Å²) >= 11 is 0. The number of hydrogen-bond acceptors (Lipinski definition) is 4. The van der Waals surface area contributed by atoms with Gasteiger partial charge in [0.1, 0.15) is 0 Å². The van der Waals surface area contributed by atoms with Crippen LogP contribution in [0.2, 0.25) is 0 Å². The van der Waals surface area contributed by atoms with Gasteiger partial charge in [-0.15, -0.1) is 10.2 Å². The summed E-state index contributed by atoms with van der Waals surface area (Å²) in [5.74, 6) is -0.391. The second-order valence-electron chi connectivity index (χ2n) is 3.38. The summed E-state index contributed by atoms with van der Waals surface area (Å²) in [6.45, 7) is 1.87. The zero-order chi connectivity index (χ0) is 10.1. The lowest BCUT2D eigenvalue weighted by Crippen LogP contribution is -2.22. The molecule has 1 aliphatic rings. The fraction of sp³-hybridized carbons (Fsp3) is 0.625. The Morgan fingerprint density at radius 1 is 1.36 bits per heavy atom. The van der Waals surface area contributed by atoms with Crippen molar-refractivity contribution < 1.29 is 9.90 Å². The minimum atomic E-state index is -1.04. The molecule has 1 N–H and O–H groups in total. The second-order valence-corrected chi connectivity index (χ2v) is 3.38. The summed E-state index contributed by atoms with van der Waals surface area (Å²) in [5, 5.41) is 16.3. The largest absolute Gasteiger partial charge is 0.475 e. The Hall–Kier alpha value is -1.59. The standard InChI is InChI=1S/C8H12N4O2/c1-11-6(7(13)14)9-10-8(11)12-4-2-3-5-12/h2-5H2,1H3,(H,13,14). The fourth-order valence-electron chi connectivity index (χ4n) is 1.70. The molecule has 0 saturated carbocycles. The lowest BCUT2D eigenvalue weighted by molar-refractivity contribution is 0.0679. The summed E-state index contributed by atoms with van der Waals surface area (Å²) in [6, 6.07) is 0. The Morgan fingerprint density at radius 3 is 2.50 bits per heavy atom. The zero-order valence-electron chi connectivity index (χ0n) is 7.97. The summed E-state index contributed by atoms with van der Waals surface area (Å²) in [7, 11) is 1.68. The van der Waals surface area contributed by atoms with E-state index in [0.29, 0.717) is 5.95 Å². The van der Waals surface area contributed by atoms with Crippen molar-refractivity contribution in [2.75, 3.05) is 18.0 Å². The number of aromatic nitrogens is 3. The molecule has 0 amide bonds. The van der Waals surface area contributed by atoms with E-state index in [-0.39, 0.29) is 5.82 Å². The lowest BCUT2D eigenvalue weighted by atomic mass is 10.4. The number of aromatic carboxylic acids is 1. The SMILES string of the molecule is Cn1c(C(=O)O)nnc1N1CCCC1. The van der Waals surface area contributed by atoms with Crippen LogP contribution in [0.3, 0.4) is 0 Å². The van der Waals surface area contributed by atoms with Crippen molar-refractivity contribution in [2.24, 2.45) is 7.05 Å². The lowest BCUT2D eigenvalue weighted by Gasteiger charge is -2.14. The summed E-state index contributed by atoms with van der Waals surface area (Å²) < 4.78 is 1.52. The first-order chi connectivity index (χ1) is 6.70. The first-order valence-corrected chi connectivity index (χ1v) is 4.58. The maximum atomic E-state index is 10.7. The van der Waals surface area contributed by atoms with Gasteiger partial charge in [0.05, 0.1) is 0 Å². The van der Waals surface area contributed by atoms with E-state index < -0.39 is 5.97 Å². The molecule has 2 rings (SSSR count). The first kappa shape index (κ1) is 8.98. The maximum Gasteiger partial charge on any atom is 0.374 e. The minimum absolute atomic E-state index is 0.00750. The van der Waals surface area contributed by atoms with Crippen LogP contribution in [-0.2, 0) is 7.05 Å². The van der Waals surface area contributed by atoms with Gasteiger partial charge in [-0.2, -0.15) is 0 Å². The van der Waals surface area contributed by atoms with Crippen molar-refractivity contribution in [3.05, 3.63) is 5.82 Å². The van der Waals surface area contributed by atoms with Crippen LogP contribution in [0.25, 0.3) is 0 Å². The Kier molecular flexibility index (Phi) is 2.11. The Balaban J connectivity index is 2.30. The smallest absolute Gasteiger partial charge is 0.374 e. The van der Waals surface area contributed by atoms with Crippen molar-refractivity contribution in [2.45, 2.75) is 12.8 Å². The molecule has 14 heavy (non-hydrogen) atoms. The molecule has 0 aromatic carbocycles. The molecule has 1 saturated heterocycles. The molecule has 2 heterocycles. The third kappa shape index (κ3) is 1.32. The van der Waals surface area contributed by atoms with Crippen LogP contribution in [0.15, 0.2) is 0 Å². The van der Waals surface area contributed by atoms with Gasteiger partial charge in [0, 0.05) is 20.1 Å². The van der Waals surface area contributed by atoms with Crippen LogP contribution >= 0.6 is 0 Å². The van der Waals surface area contributed by atoms with E-state index in [0.717, 1.165) is 25.9 Å². The molecule has 0 aliphatic carbocycles. The molecule has 0 radical (unpaired) electrons. The van der Waals surface area contributed by atoms with Crippen LogP contribution < -0.4 is 4.90 Å². The Morgan fingerprint density at radius 2 is 2.00 bits per heavy atom. The van der Waals surface area contributed by atoms with Gasteiger partial charge < -0.3 is 10.0 Å². The fourth-order valence-corrected chi connectivity index (χ4v) is 1.70. The number of carboxylic acids is 1. The van der Waals surface area contributed by atoms with Crippen LogP contribution in [0, 0.1) is 0 Å². The molecule has 1 aromatic heterocycles. The summed E-state index contributed by atoms with van der Waals surface area (Å²) in [5.41, 5.74) is 0. The molecular weight excluding hydrogens is 184 g/mol. The van der Waals surface area contributed by atoms with E-state index in [1.54, 1.807) is 7.05 Å². The molecule has 0 spiro atoms. The highest BCUT2D eigenvalue weighted by Crippen LogP contribution is 2.17. The Bertz CT molecular complexity index is 354. The quantitative estimate of drug-likeness (QED) is 0.727. The average molecular weight is 196 g/mol. The highest BCUT2D eigenvalue weighted by atomic mass is 16.4. The van der Waals surface area contributed by atoms with E-state index >= 15 is 0 Å². The molecule has 6 heteroatoms. The molecule has 76 valence electrons. The molecular formula is C8H12N4O2. The van der Waals surface area contributed by atoms with Crippen LogP contribution in [0.4, 0.5) is 5.95 Å². The molecule has 0 bridgehead atoms. The Labute approximate surface area is 81.2 Å². The topological polar surface area (TPSA) is 71.2 Å². The van der Waals surface area contributed by atoms with E-state index in [2.05, 4.69) is 15.1 Å². The van der Waals surface area contributed by atoms with Gasteiger partial charge in [0.15, 0.2) is 0 Å². The van der Waals surface area contributed by atoms with Gasteiger partial charge >= 0.3 is 5.97 Å². The average Bonchev–Trinajstić information content (AvgIpc) is 2.71. The number of anilines is 1. The van der Waals surface area contributed by atoms with Crippen molar-refractivity contribution in [1.29, 1.82) is 0 Å². The summed E-state index contributed by atoms with van der Waals surface area (Å²) in [6.07, 6.45) is 2.27. The highest BCUT2D eigenvalue weighted by molar-refractivity contribution is 5.83. The van der Waals surface area contributed by atoms with Crippen molar-refractivity contribution >= 4 is 11.9 Å². The monoisotopic (exact) mass is 196 g/mol. The van der Waals surface area contributed by atoms with Crippen LogP contribution in [0.5, 0.6) is 0 Å². The van der Waals surface area contributed by atoms with Crippen LogP contribution in [0.1, 0.15) is 23.5 Å². The van der Waals surface area contributed by atoms with Gasteiger partial charge in [0.25, 0.3) is 0 Å². The highest BCUT2D eigenvalue weighted by Gasteiger charge is 2.21. The predicted octanol–water partition coefficient (Wildman–Crippen LogP) is 0.113. The normalized spacial score (nSPS) is 16.2. The van der Waals surface area contributed by atoms with Crippen molar-refractivity contribution in [1.82, 2.24) is 14.8 Å². The minimum Gasteiger partial charge on any atom is -0.475 e. The number of carbonyl (C=O) groups is 1. The molecule has 1 aliphatic heterocycles. The number of rotatable bonds is 2. The van der Waals surface area contributed by atoms with Crippen molar-refractivity contribution in [3.63, 3.8) is 0 Å². The van der Waals surface area contributed by atoms with E-state index in [1.807, 2.05) is 0 Å². The molecule has 1 fully saturated rings. The predicted molar refractivity (Wildman–Crippen MR) is 49.4 cm³/mol. The van der Waals surface area contributed by atoms with Gasteiger partial charge in [-0.1, -0.05) is 0 Å².